The second-order valence-corrected chi connectivity index (χ2v) is 5.46. The fraction of sp³-hybridized carbons (Fsp3) is 0.222. The van der Waals surface area contributed by atoms with Crippen molar-refractivity contribution in [1.82, 2.24) is 14.9 Å². The number of rotatable bonds is 5. The first-order valence-electron chi connectivity index (χ1n) is 7.60. The molecule has 0 saturated carbocycles. The van der Waals surface area contributed by atoms with Crippen LogP contribution in [-0.4, -0.2) is 21.4 Å². The number of halogens is 1. The third-order valence-corrected chi connectivity index (χ3v) is 3.78. The van der Waals surface area contributed by atoms with Crippen molar-refractivity contribution < 1.29 is 4.39 Å². The Kier molecular flexibility index (Phi) is 4.48. The van der Waals surface area contributed by atoms with Gasteiger partial charge in [0.15, 0.2) is 0 Å². The van der Waals surface area contributed by atoms with Crippen LogP contribution in [0.4, 0.5) is 4.39 Å². The van der Waals surface area contributed by atoms with Crippen molar-refractivity contribution >= 4 is 10.9 Å². The minimum Gasteiger partial charge on any atom is -0.309 e. The number of aromatic amines is 1. The number of aromatic nitrogens is 2. The molecule has 0 aliphatic rings. The molecule has 0 fully saturated rings. The van der Waals surface area contributed by atoms with E-state index in [1.165, 1.54) is 12.1 Å². The van der Waals surface area contributed by atoms with E-state index < -0.39 is 0 Å². The SMILES string of the molecule is CCN(Cc1cccc(F)c1)Cc1nc2ccccc2c(=O)[nH]1. The lowest BCUT2D eigenvalue weighted by atomic mass is 10.2. The van der Waals surface area contributed by atoms with E-state index in [-0.39, 0.29) is 11.4 Å². The molecule has 118 valence electrons. The van der Waals surface area contributed by atoms with Crippen LogP contribution in [0.2, 0.25) is 0 Å². The summed E-state index contributed by atoms with van der Waals surface area (Å²) in [7, 11) is 0. The van der Waals surface area contributed by atoms with Gasteiger partial charge in [0.05, 0.1) is 17.4 Å². The molecule has 1 N–H and O–H groups in total. The second-order valence-electron chi connectivity index (χ2n) is 5.46. The Morgan fingerprint density at radius 3 is 2.74 bits per heavy atom. The van der Waals surface area contributed by atoms with Crippen molar-refractivity contribution in [2.24, 2.45) is 0 Å². The number of nitrogens with one attached hydrogen (secondary N) is 1. The summed E-state index contributed by atoms with van der Waals surface area (Å²) in [4.78, 5) is 21.5. The van der Waals surface area contributed by atoms with Crippen molar-refractivity contribution in [3.8, 4) is 0 Å². The summed E-state index contributed by atoms with van der Waals surface area (Å²) in [6, 6.07) is 13.8. The Morgan fingerprint density at radius 1 is 1.13 bits per heavy atom. The van der Waals surface area contributed by atoms with Gasteiger partial charge in [-0.25, -0.2) is 9.37 Å². The molecule has 4 nitrogen and oxygen atoms in total. The van der Waals surface area contributed by atoms with Crippen molar-refractivity contribution in [3.63, 3.8) is 0 Å². The third-order valence-electron chi connectivity index (χ3n) is 3.78. The molecule has 3 rings (SSSR count). The molecule has 0 spiro atoms. The van der Waals surface area contributed by atoms with Gasteiger partial charge in [0.25, 0.3) is 5.56 Å². The predicted octanol–water partition coefficient (Wildman–Crippen LogP) is 3.08. The Balaban J connectivity index is 1.83. The lowest BCUT2D eigenvalue weighted by Gasteiger charge is -2.20. The summed E-state index contributed by atoms with van der Waals surface area (Å²) in [5, 5.41) is 0.587. The van der Waals surface area contributed by atoms with Crippen molar-refractivity contribution in [2.45, 2.75) is 20.0 Å². The minimum absolute atomic E-state index is 0.132. The molecule has 5 heteroatoms. The maximum Gasteiger partial charge on any atom is 0.258 e. The maximum atomic E-state index is 13.3. The first-order chi connectivity index (χ1) is 11.2. The molecule has 3 aromatic rings. The van der Waals surface area contributed by atoms with Crippen LogP contribution in [0.3, 0.4) is 0 Å². The molecule has 0 aliphatic carbocycles. The minimum atomic E-state index is -0.240. The molecule has 2 aromatic carbocycles. The van der Waals surface area contributed by atoms with Crippen LogP contribution in [-0.2, 0) is 13.1 Å². The van der Waals surface area contributed by atoms with Crippen LogP contribution in [0.25, 0.3) is 10.9 Å². The molecular weight excluding hydrogens is 293 g/mol. The number of hydrogen-bond acceptors (Lipinski definition) is 3. The van der Waals surface area contributed by atoms with Crippen LogP contribution >= 0.6 is 0 Å². The molecule has 0 unspecified atom stereocenters. The van der Waals surface area contributed by atoms with Gasteiger partial charge in [0.2, 0.25) is 0 Å². The van der Waals surface area contributed by atoms with E-state index in [1.807, 2.05) is 31.2 Å². The van der Waals surface area contributed by atoms with Gasteiger partial charge in [-0.15, -0.1) is 0 Å². The van der Waals surface area contributed by atoms with Gasteiger partial charge in [0, 0.05) is 6.54 Å². The van der Waals surface area contributed by atoms with Gasteiger partial charge in [-0.1, -0.05) is 31.2 Å². The van der Waals surface area contributed by atoms with E-state index in [9.17, 15) is 9.18 Å². The van der Waals surface area contributed by atoms with Crippen molar-refractivity contribution in [2.75, 3.05) is 6.54 Å². The second kappa shape index (κ2) is 6.71. The number of benzene rings is 2. The topological polar surface area (TPSA) is 49.0 Å². The summed E-state index contributed by atoms with van der Waals surface area (Å²) in [6.45, 7) is 3.91. The summed E-state index contributed by atoms with van der Waals surface area (Å²) in [5.41, 5.74) is 1.45. The Bertz CT molecular complexity index is 875. The fourth-order valence-corrected chi connectivity index (χ4v) is 2.59. The highest BCUT2D eigenvalue weighted by Gasteiger charge is 2.09. The highest BCUT2D eigenvalue weighted by atomic mass is 19.1. The third kappa shape index (κ3) is 3.63. The predicted molar refractivity (Wildman–Crippen MR) is 88.6 cm³/mol. The normalized spacial score (nSPS) is 11.3. The average Bonchev–Trinajstić information content (AvgIpc) is 2.54. The van der Waals surface area contributed by atoms with Crippen molar-refractivity contribution in [1.29, 1.82) is 0 Å². The molecule has 0 amide bonds. The summed E-state index contributed by atoms with van der Waals surface area (Å²) in [5.74, 6) is 0.378. The zero-order valence-electron chi connectivity index (χ0n) is 12.9. The van der Waals surface area contributed by atoms with Crippen LogP contribution in [0.15, 0.2) is 53.3 Å². The molecule has 0 atom stereocenters. The largest absolute Gasteiger partial charge is 0.309 e. The monoisotopic (exact) mass is 311 g/mol. The molecule has 0 aliphatic heterocycles. The number of H-pyrrole nitrogens is 1. The fourth-order valence-electron chi connectivity index (χ4n) is 2.59. The lowest BCUT2D eigenvalue weighted by Crippen LogP contribution is -2.25. The standard InChI is InChI=1S/C18H18FN3O/c1-2-22(11-13-6-5-7-14(19)10-13)12-17-20-16-9-4-3-8-15(16)18(23)21-17/h3-10H,2,11-12H2,1H3,(H,20,21,23). The molecule has 23 heavy (non-hydrogen) atoms. The summed E-state index contributed by atoms with van der Waals surface area (Å²) >= 11 is 0. The molecule has 0 radical (unpaired) electrons. The molecule has 1 heterocycles. The van der Waals surface area contributed by atoms with E-state index >= 15 is 0 Å². The van der Waals surface area contributed by atoms with Crippen LogP contribution < -0.4 is 5.56 Å². The van der Waals surface area contributed by atoms with E-state index in [0.29, 0.717) is 29.8 Å². The Morgan fingerprint density at radius 2 is 1.96 bits per heavy atom. The Labute approximate surface area is 133 Å². The maximum absolute atomic E-state index is 13.3. The average molecular weight is 311 g/mol. The Hall–Kier alpha value is -2.53. The zero-order valence-corrected chi connectivity index (χ0v) is 12.9. The number of hydrogen-bond donors (Lipinski definition) is 1. The van der Waals surface area contributed by atoms with E-state index in [1.54, 1.807) is 12.1 Å². The lowest BCUT2D eigenvalue weighted by molar-refractivity contribution is 0.264. The zero-order chi connectivity index (χ0) is 16.2. The smallest absolute Gasteiger partial charge is 0.258 e. The van der Waals surface area contributed by atoms with Gasteiger partial charge < -0.3 is 4.98 Å². The van der Waals surface area contributed by atoms with E-state index in [2.05, 4.69) is 14.9 Å². The highest BCUT2D eigenvalue weighted by molar-refractivity contribution is 5.77. The number of fused-ring (bicyclic) bond motifs is 1. The van der Waals surface area contributed by atoms with Crippen LogP contribution in [0.5, 0.6) is 0 Å². The van der Waals surface area contributed by atoms with Gasteiger partial charge >= 0.3 is 0 Å². The van der Waals surface area contributed by atoms with Gasteiger partial charge in [0.1, 0.15) is 11.6 Å². The molecule has 0 saturated heterocycles. The summed E-state index contributed by atoms with van der Waals surface area (Å²) in [6.07, 6.45) is 0. The molecular formula is C18H18FN3O. The van der Waals surface area contributed by atoms with E-state index in [4.69, 9.17) is 0 Å². The number of nitrogens with zero attached hydrogens (tertiary/aromatic N) is 2. The van der Waals surface area contributed by atoms with E-state index in [0.717, 1.165) is 12.1 Å². The first-order valence-corrected chi connectivity index (χ1v) is 7.60. The van der Waals surface area contributed by atoms with Gasteiger partial charge in [-0.05, 0) is 36.4 Å². The van der Waals surface area contributed by atoms with Crippen LogP contribution in [0.1, 0.15) is 18.3 Å². The van der Waals surface area contributed by atoms with Gasteiger partial charge in [-0.2, -0.15) is 0 Å². The number of para-hydroxylation sites is 1. The van der Waals surface area contributed by atoms with Gasteiger partial charge in [-0.3, -0.25) is 9.69 Å². The molecule has 0 bridgehead atoms. The first kappa shape index (κ1) is 15.4. The van der Waals surface area contributed by atoms with Crippen LogP contribution in [0, 0.1) is 5.82 Å². The highest BCUT2D eigenvalue weighted by Crippen LogP contribution is 2.11. The summed E-state index contributed by atoms with van der Waals surface area (Å²) < 4.78 is 13.3. The quantitative estimate of drug-likeness (QED) is 0.788. The van der Waals surface area contributed by atoms with Crippen molar-refractivity contribution in [3.05, 3.63) is 76.1 Å². The molecule has 1 aromatic heterocycles.